The van der Waals surface area contributed by atoms with Crippen LogP contribution in [-0.2, 0) is 9.53 Å². The maximum absolute atomic E-state index is 13.7. The lowest BCUT2D eigenvalue weighted by Crippen LogP contribution is -2.13. The van der Waals surface area contributed by atoms with Gasteiger partial charge in [-0.25, -0.2) is 4.39 Å². The van der Waals surface area contributed by atoms with Crippen LogP contribution in [0.1, 0.15) is 41.0 Å². The normalized spacial score (nSPS) is 14.4. The van der Waals surface area contributed by atoms with Crippen LogP contribution >= 0.6 is 0 Å². The van der Waals surface area contributed by atoms with Crippen molar-refractivity contribution >= 4 is 18.1 Å². The minimum Gasteiger partial charge on any atom is -0.453 e. The summed E-state index contributed by atoms with van der Waals surface area (Å²) in [4.78, 5) is 16.3. The van der Waals surface area contributed by atoms with E-state index in [1.54, 1.807) is 36.5 Å². The van der Waals surface area contributed by atoms with Gasteiger partial charge in [0.25, 0.3) is 0 Å². The second-order valence-corrected chi connectivity index (χ2v) is 6.45. The van der Waals surface area contributed by atoms with E-state index in [0.717, 1.165) is 0 Å². The second kappa shape index (κ2) is 7.09. The van der Waals surface area contributed by atoms with E-state index >= 15 is 0 Å². The van der Waals surface area contributed by atoms with Crippen molar-refractivity contribution in [1.82, 2.24) is 4.98 Å². The summed E-state index contributed by atoms with van der Waals surface area (Å²) in [6.07, 6.45) is 4.55. The van der Waals surface area contributed by atoms with Crippen molar-refractivity contribution in [2.45, 2.75) is 13.0 Å². The molecule has 0 bridgehead atoms. The number of carbonyl (C=O) groups excluding carboxylic acids is 1. The van der Waals surface area contributed by atoms with E-state index < -0.39 is 12.1 Å². The van der Waals surface area contributed by atoms with Gasteiger partial charge in [-0.2, -0.15) is 5.26 Å². The molecule has 4 rings (SSSR count). The molecule has 0 amide bonds. The summed E-state index contributed by atoms with van der Waals surface area (Å²) in [7, 11) is 0. The van der Waals surface area contributed by atoms with Crippen molar-refractivity contribution in [2.24, 2.45) is 0 Å². The fraction of sp³-hybridized carbons (Fsp3) is 0.0870. The number of benzene rings is 2. The van der Waals surface area contributed by atoms with Crippen molar-refractivity contribution in [1.29, 1.82) is 5.26 Å². The van der Waals surface area contributed by atoms with Gasteiger partial charge in [0.2, 0.25) is 0 Å². The first-order valence-electron chi connectivity index (χ1n) is 8.71. The molecule has 0 aliphatic heterocycles. The third-order valence-electron chi connectivity index (χ3n) is 4.62. The van der Waals surface area contributed by atoms with Gasteiger partial charge < -0.3 is 4.74 Å². The average Bonchev–Trinajstić information content (AvgIpc) is 2.84. The summed E-state index contributed by atoms with van der Waals surface area (Å²) in [5, 5.41) is 9.45. The molecule has 0 saturated heterocycles. The van der Waals surface area contributed by atoms with Crippen LogP contribution in [0.15, 0.2) is 54.7 Å². The molecule has 5 heteroatoms. The third kappa shape index (κ3) is 3.17. The Hall–Kier alpha value is -3.78. The zero-order valence-corrected chi connectivity index (χ0v) is 15.0. The lowest BCUT2D eigenvalue weighted by molar-refractivity contribution is -0.144. The molecule has 1 heterocycles. The fourth-order valence-electron chi connectivity index (χ4n) is 3.39. The molecule has 0 fully saturated rings. The zero-order chi connectivity index (χ0) is 19.7. The lowest BCUT2D eigenvalue weighted by Gasteiger charge is -2.21. The molecule has 1 aliphatic rings. The Morgan fingerprint density at radius 3 is 2.68 bits per heavy atom. The molecular formula is C23H15FN2O2. The summed E-state index contributed by atoms with van der Waals surface area (Å²) in [5.41, 5.74) is 4.60. The minimum atomic E-state index is -0.716. The summed E-state index contributed by atoms with van der Waals surface area (Å²) in [6.45, 7) is 1.34. The first-order valence-corrected chi connectivity index (χ1v) is 8.71. The highest BCUT2D eigenvalue weighted by Crippen LogP contribution is 2.37. The maximum atomic E-state index is 13.7. The van der Waals surface area contributed by atoms with Gasteiger partial charge in [0.15, 0.2) is 6.10 Å². The van der Waals surface area contributed by atoms with Gasteiger partial charge in [-0.05, 0) is 41.5 Å². The third-order valence-corrected chi connectivity index (χ3v) is 4.62. The van der Waals surface area contributed by atoms with Crippen molar-refractivity contribution < 1.29 is 13.9 Å². The number of halogens is 1. The van der Waals surface area contributed by atoms with Gasteiger partial charge in [0.05, 0.1) is 17.3 Å². The molecule has 1 atom stereocenters. The van der Waals surface area contributed by atoms with Crippen molar-refractivity contribution in [2.75, 3.05) is 0 Å². The van der Waals surface area contributed by atoms with Crippen LogP contribution in [0.5, 0.6) is 0 Å². The number of hydrogen-bond acceptors (Lipinski definition) is 4. The van der Waals surface area contributed by atoms with E-state index in [0.29, 0.717) is 39.1 Å². The SMILES string of the molecule is CC(=O)OC1c2cc(-c3cccc(F)c3)cnc2C=Cc2c(C#N)cccc21. The molecule has 1 aromatic heterocycles. The molecule has 3 aromatic rings. The molecule has 0 spiro atoms. The average molecular weight is 370 g/mol. The number of nitrogens with zero attached hydrogens (tertiary/aromatic N) is 2. The topological polar surface area (TPSA) is 63.0 Å². The second-order valence-electron chi connectivity index (χ2n) is 6.45. The smallest absolute Gasteiger partial charge is 0.303 e. The Bertz CT molecular complexity index is 1160. The van der Waals surface area contributed by atoms with Crippen LogP contribution in [-0.4, -0.2) is 11.0 Å². The molecule has 0 N–H and O–H groups in total. The van der Waals surface area contributed by atoms with Crippen LogP contribution in [0.4, 0.5) is 4.39 Å². The molecule has 136 valence electrons. The van der Waals surface area contributed by atoms with E-state index in [1.165, 1.54) is 19.1 Å². The molecule has 1 unspecified atom stereocenters. The highest BCUT2D eigenvalue weighted by Gasteiger charge is 2.26. The van der Waals surface area contributed by atoms with Gasteiger partial charge in [-0.1, -0.05) is 30.3 Å². The molecular weight excluding hydrogens is 355 g/mol. The Balaban J connectivity index is 1.93. The monoisotopic (exact) mass is 370 g/mol. The van der Waals surface area contributed by atoms with Crippen LogP contribution in [0.2, 0.25) is 0 Å². The largest absolute Gasteiger partial charge is 0.453 e. The number of rotatable bonds is 2. The number of carbonyl (C=O) groups is 1. The number of nitriles is 1. The molecule has 2 aromatic carbocycles. The van der Waals surface area contributed by atoms with E-state index in [2.05, 4.69) is 11.1 Å². The fourth-order valence-corrected chi connectivity index (χ4v) is 3.39. The Labute approximate surface area is 161 Å². The first-order chi connectivity index (χ1) is 13.6. The number of hydrogen-bond donors (Lipinski definition) is 0. The van der Waals surface area contributed by atoms with E-state index in [9.17, 15) is 14.4 Å². The summed E-state index contributed by atoms with van der Waals surface area (Å²) < 4.78 is 19.3. The lowest BCUT2D eigenvalue weighted by atomic mass is 9.94. The number of pyridine rings is 1. The van der Waals surface area contributed by atoms with E-state index in [-0.39, 0.29) is 5.82 Å². The predicted molar refractivity (Wildman–Crippen MR) is 103 cm³/mol. The van der Waals surface area contributed by atoms with Crippen LogP contribution in [0, 0.1) is 17.1 Å². The van der Waals surface area contributed by atoms with Crippen molar-refractivity contribution in [3.05, 3.63) is 88.5 Å². The Morgan fingerprint density at radius 1 is 1.11 bits per heavy atom. The van der Waals surface area contributed by atoms with E-state index in [1.807, 2.05) is 18.2 Å². The standard InChI is InChI=1S/C23H15FN2O2/c1-14(27)28-23-20-7-3-5-16(12-25)19(20)8-9-22-21(23)11-17(13-26-22)15-4-2-6-18(24)10-15/h2-11,13,23H,1H3. The summed E-state index contributed by atoms with van der Waals surface area (Å²) in [6, 6.07) is 15.6. The predicted octanol–water partition coefficient (Wildman–Crippen LogP) is 4.90. The molecule has 4 nitrogen and oxygen atoms in total. The molecule has 28 heavy (non-hydrogen) atoms. The first kappa shape index (κ1) is 17.6. The Morgan fingerprint density at radius 2 is 1.93 bits per heavy atom. The number of ether oxygens (including phenoxy) is 1. The summed E-state index contributed by atoms with van der Waals surface area (Å²) in [5.74, 6) is -0.782. The number of fused-ring (bicyclic) bond motifs is 2. The van der Waals surface area contributed by atoms with Gasteiger partial charge in [0.1, 0.15) is 5.82 Å². The highest BCUT2D eigenvalue weighted by atomic mass is 19.1. The van der Waals surface area contributed by atoms with Crippen LogP contribution in [0.25, 0.3) is 23.3 Å². The van der Waals surface area contributed by atoms with Gasteiger partial charge in [-0.3, -0.25) is 9.78 Å². The molecule has 1 aliphatic carbocycles. The molecule has 0 radical (unpaired) electrons. The zero-order valence-electron chi connectivity index (χ0n) is 15.0. The maximum Gasteiger partial charge on any atom is 0.303 e. The quantitative estimate of drug-likeness (QED) is 0.602. The van der Waals surface area contributed by atoms with Gasteiger partial charge in [-0.15, -0.1) is 0 Å². The highest BCUT2D eigenvalue weighted by molar-refractivity contribution is 5.79. The molecule has 0 saturated carbocycles. The van der Waals surface area contributed by atoms with Crippen LogP contribution in [0.3, 0.4) is 0 Å². The van der Waals surface area contributed by atoms with E-state index in [4.69, 9.17) is 4.74 Å². The number of aromatic nitrogens is 1. The van der Waals surface area contributed by atoms with Crippen molar-refractivity contribution in [3.8, 4) is 17.2 Å². The van der Waals surface area contributed by atoms with Gasteiger partial charge >= 0.3 is 5.97 Å². The minimum absolute atomic E-state index is 0.340. The number of esters is 1. The Kier molecular flexibility index (Phi) is 4.46. The van der Waals surface area contributed by atoms with Gasteiger partial charge in [0, 0.05) is 29.8 Å². The van der Waals surface area contributed by atoms with Crippen molar-refractivity contribution in [3.63, 3.8) is 0 Å². The van der Waals surface area contributed by atoms with Crippen LogP contribution < -0.4 is 0 Å². The summed E-state index contributed by atoms with van der Waals surface area (Å²) >= 11 is 0.